The van der Waals surface area contributed by atoms with E-state index in [2.05, 4.69) is 19.2 Å². The normalized spacial score (nSPS) is 27.2. The van der Waals surface area contributed by atoms with Gasteiger partial charge in [0.05, 0.1) is 5.54 Å². The molecule has 1 aliphatic heterocycles. The molecule has 1 aliphatic rings. The van der Waals surface area contributed by atoms with E-state index in [1.807, 2.05) is 19.9 Å². The average Bonchev–Trinajstić information content (AvgIpc) is 2.73. The van der Waals surface area contributed by atoms with Crippen molar-refractivity contribution in [1.29, 1.82) is 0 Å². The molecule has 1 aromatic rings. The molecule has 3 nitrogen and oxygen atoms in total. The molecule has 116 valence electrons. The van der Waals surface area contributed by atoms with Crippen LogP contribution in [0.4, 0.5) is 4.39 Å². The van der Waals surface area contributed by atoms with Gasteiger partial charge in [0.25, 0.3) is 0 Å². The Labute approximate surface area is 126 Å². The molecule has 1 amide bonds. The lowest BCUT2D eigenvalue weighted by Gasteiger charge is -2.27. The Kier molecular flexibility index (Phi) is 4.67. The molecule has 0 bridgehead atoms. The van der Waals surface area contributed by atoms with E-state index < -0.39 is 5.54 Å². The van der Waals surface area contributed by atoms with Crippen LogP contribution >= 0.6 is 0 Å². The number of hydrogen-bond donors (Lipinski definition) is 1. The summed E-state index contributed by atoms with van der Waals surface area (Å²) in [5, 5.41) is 3.34. The van der Waals surface area contributed by atoms with Gasteiger partial charge in [-0.25, -0.2) is 4.39 Å². The van der Waals surface area contributed by atoms with Gasteiger partial charge in [0.1, 0.15) is 12.0 Å². The number of rotatable bonds is 5. The lowest BCUT2D eigenvalue weighted by molar-refractivity contribution is -0.133. The molecular weight excluding hydrogens is 267 g/mol. The molecule has 1 saturated heterocycles. The van der Waals surface area contributed by atoms with Gasteiger partial charge in [-0.05, 0) is 25.3 Å². The Hall–Kier alpha value is -1.42. The van der Waals surface area contributed by atoms with Crippen molar-refractivity contribution in [2.24, 2.45) is 5.92 Å². The van der Waals surface area contributed by atoms with Crippen molar-refractivity contribution >= 4 is 5.91 Å². The molecule has 2 rings (SSSR count). The molecular formula is C17H25FN2O. The second-order valence-corrected chi connectivity index (χ2v) is 6.22. The number of amides is 1. The zero-order valence-electron chi connectivity index (χ0n) is 13.3. The van der Waals surface area contributed by atoms with E-state index in [9.17, 15) is 9.18 Å². The lowest BCUT2D eigenvalue weighted by atomic mass is 9.99. The van der Waals surface area contributed by atoms with Crippen LogP contribution in [0.1, 0.15) is 52.3 Å². The van der Waals surface area contributed by atoms with Gasteiger partial charge in [0, 0.05) is 12.1 Å². The Morgan fingerprint density at radius 3 is 2.62 bits per heavy atom. The number of nitrogens with one attached hydrogen (secondary N) is 1. The SMILES string of the molecule is CCC(C)CN1C(=O)C(C)(CC)NC1c1ccccc1F. The van der Waals surface area contributed by atoms with Crippen molar-refractivity contribution in [3.8, 4) is 0 Å². The van der Waals surface area contributed by atoms with E-state index >= 15 is 0 Å². The lowest BCUT2D eigenvalue weighted by Crippen LogP contribution is -2.43. The summed E-state index contributed by atoms with van der Waals surface area (Å²) in [5.41, 5.74) is -0.0632. The third-order valence-corrected chi connectivity index (χ3v) is 4.61. The Balaban J connectivity index is 2.37. The van der Waals surface area contributed by atoms with E-state index in [4.69, 9.17) is 0 Å². The maximum absolute atomic E-state index is 14.1. The number of hydrogen-bond acceptors (Lipinski definition) is 2. The number of nitrogens with zero attached hydrogens (tertiary/aromatic N) is 1. The van der Waals surface area contributed by atoms with Crippen LogP contribution < -0.4 is 5.32 Å². The molecule has 1 fully saturated rings. The highest BCUT2D eigenvalue weighted by molar-refractivity contribution is 5.88. The highest BCUT2D eigenvalue weighted by Crippen LogP contribution is 2.34. The molecule has 0 aromatic heterocycles. The quantitative estimate of drug-likeness (QED) is 0.901. The van der Waals surface area contributed by atoms with Gasteiger partial charge in [0.2, 0.25) is 5.91 Å². The van der Waals surface area contributed by atoms with Gasteiger partial charge >= 0.3 is 0 Å². The van der Waals surface area contributed by atoms with Crippen LogP contribution in [-0.2, 0) is 4.79 Å². The highest BCUT2D eigenvalue weighted by Gasteiger charge is 2.47. The fraction of sp³-hybridized carbons (Fsp3) is 0.588. The van der Waals surface area contributed by atoms with Crippen LogP contribution in [0.3, 0.4) is 0 Å². The van der Waals surface area contributed by atoms with Crippen molar-refractivity contribution in [1.82, 2.24) is 10.2 Å². The number of carbonyl (C=O) groups excluding carboxylic acids is 1. The van der Waals surface area contributed by atoms with Crippen molar-refractivity contribution in [2.75, 3.05) is 6.54 Å². The standard InChI is InChI=1S/C17H25FN2O/c1-5-12(3)11-20-15(13-9-7-8-10-14(13)18)19-17(4,6-2)16(20)21/h7-10,12,15,19H,5-6,11H2,1-4H3. The maximum atomic E-state index is 14.1. The molecule has 0 saturated carbocycles. The largest absolute Gasteiger partial charge is 0.321 e. The zero-order valence-corrected chi connectivity index (χ0v) is 13.3. The molecule has 0 aliphatic carbocycles. The summed E-state index contributed by atoms with van der Waals surface area (Å²) in [6.45, 7) is 8.76. The summed E-state index contributed by atoms with van der Waals surface area (Å²) >= 11 is 0. The molecule has 1 aromatic carbocycles. The molecule has 0 spiro atoms. The van der Waals surface area contributed by atoms with E-state index in [1.165, 1.54) is 6.07 Å². The first-order chi connectivity index (χ1) is 9.92. The first-order valence-corrected chi connectivity index (χ1v) is 7.76. The first-order valence-electron chi connectivity index (χ1n) is 7.76. The summed E-state index contributed by atoms with van der Waals surface area (Å²) in [5.74, 6) is 0.195. The Morgan fingerprint density at radius 2 is 2.05 bits per heavy atom. The van der Waals surface area contributed by atoms with E-state index in [-0.39, 0.29) is 17.9 Å². The predicted octanol–water partition coefficient (Wildman–Crippen LogP) is 3.47. The average molecular weight is 292 g/mol. The van der Waals surface area contributed by atoms with Gasteiger partial charge < -0.3 is 4.90 Å². The summed E-state index contributed by atoms with van der Waals surface area (Å²) in [4.78, 5) is 14.5. The molecule has 3 unspecified atom stereocenters. The van der Waals surface area contributed by atoms with E-state index in [0.717, 1.165) is 6.42 Å². The second-order valence-electron chi connectivity index (χ2n) is 6.22. The van der Waals surface area contributed by atoms with Crippen LogP contribution in [0.25, 0.3) is 0 Å². The predicted molar refractivity (Wildman–Crippen MR) is 82.1 cm³/mol. The third kappa shape index (κ3) is 2.95. The van der Waals surface area contributed by atoms with Crippen molar-refractivity contribution in [2.45, 2.75) is 52.2 Å². The molecule has 4 heteroatoms. The van der Waals surface area contributed by atoms with Crippen LogP contribution in [-0.4, -0.2) is 22.9 Å². The van der Waals surface area contributed by atoms with Gasteiger partial charge in [-0.3, -0.25) is 10.1 Å². The fourth-order valence-corrected chi connectivity index (χ4v) is 2.72. The summed E-state index contributed by atoms with van der Waals surface area (Å²) in [7, 11) is 0. The first kappa shape index (κ1) is 16.0. The molecule has 3 atom stereocenters. The second kappa shape index (κ2) is 6.14. The van der Waals surface area contributed by atoms with Gasteiger partial charge in [-0.1, -0.05) is 45.4 Å². The molecule has 0 radical (unpaired) electrons. The van der Waals surface area contributed by atoms with Crippen LogP contribution in [0, 0.1) is 11.7 Å². The maximum Gasteiger partial charge on any atom is 0.244 e. The van der Waals surface area contributed by atoms with Gasteiger partial charge in [0.15, 0.2) is 0 Å². The smallest absolute Gasteiger partial charge is 0.244 e. The molecule has 1 N–H and O–H groups in total. The van der Waals surface area contributed by atoms with E-state index in [0.29, 0.717) is 24.4 Å². The summed E-state index contributed by atoms with van der Waals surface area (Å²) in [6, 6.07) is 6.69. The minimum absolute atomic E-state index is 0.0681. The number of benzene rings is 1. The van der Waals surface area contributed by atoms with Gasteiger partial charge in [-0.2, -0.15) is 0 Å². The van der Waals surface area contributed by atoms with Crippen LogP contribution in [0.2, 0.25) is 0 Å². The summed E-state index contributed by atoms with van der Waals surface area (Å²) < 4.78 is 14.1. The zero-order chi connectivity index (χ0) is 15.6. The minimum atomic E-state index is -0.611. The third-order valence-electron chi connectivity index (χ3n) is 4.61. The Bertz CT molecular complexity index is 519. The number of carbonyl (C=O) groups is 1. The molecule has 21 heavy (non-hydrogen) atoms. The highest BCUT2D eigenvalue weighted by atomic mass is 19.1. The summed E-state index contributed by atoms with van der Waals surface area (Å²) in [6.07, 6.45) is 1.31. The van der Waals surface area contributed by atoms with Gasteiger partial charge in [-0.15, -0.1) is 0 Å². The van der Waals surface area contributed by atoms with Crippen molar-refractivity contribution < 1.29 is 9.18 Å². The number of halogens is 1. The van der Waals surface area contributed by atoms with Crippen LogP contribution in [0.5, 0.6) is 0 Å². The topological polar surface area (TPSA) is 32.3 Å². The van der Waals surface area contributed by atoms with Crippen molar-refractivity contribution in [3.05, 3.63) is 35.6 Å². The van der Waals surface area contributed by atoms with Crippen LogP contribution in [0.15, 0.2) is 24.3 Å². The molecule has 1 heterocycles. The monoisotopic (exact) mass is 292 g/mol. The van der Waals surface area contributed by atoms with Crippen molar-refractivity contribution in [3.63, 3.8) is 0 Å². The van der Waals surface area contributed by atoms with E-state index in [1.54, 1.807) is 17.0 Å². The fourth-order valence-electron chi connectivity index (χ4n) is 2.72. The Morgan fingerprint density at radius 1 is 1.38 bits per heavy atom. The minimum Gasteiger partial charge on any atom is -0.321 e.